The Balaban J connectivity index is 2.82. The third-order valence-electron chi connectivity index (χ3n) is 4.50. The second kappa shape index (κ2) is 7.12. The van der Waals surface area contributed by atoms with Crippen molar-refractivity contribution in [1.29, 1.82) is 5.26 Å². The lowest BCUT2D eigenvalue weighted by atomic mass is 9.74. The summed E-state index contributed by atoms with van der Waals surface area (Å²) in [6, 6.07) is 1.75. The first-order valence-corrected chi connectivity index (χ1v) is 10.0. The summed E-state index contributed by atoms with van der Waals surface area (Å²) >= 11 is 0. The SMILES string of the molecule is C[C@@H](NS(=O)(=O)C(C)(C)C)C1(C#N)CCN(C(=O)OC(C)(C)C)CC1. The van der Waals surface area contributed by atoms with Gasteiger partial charge in [0.1, 0.15) is 5.60 Å². The molecule has 1 saturated heterocycles. The number of piperidine rings is 1. The molecule has 25 heavy (non-hydrogen) atoms. The third kappa shape index (κ3) is 5.32. The molecule has 0 aromatic heterocycles. The smallest absolute Gasteiger partial charge is 0.410 e. The molecule has 7 nitrogen and oxygen atoms in total. The van der Waals surface area contributed by atoms with Crippen molar-refractivity contribution >= 4 is 16.1 Å². The standard InChI is InChI=1S/C17H31N3O4S/c1-13(19-25(22,23)16(5,6)7)17(12-18)8-10-20(11-9-17)14(21)24-15(2,3)4/h13,19H,8-11H2,1-7H3/t13-/m1/s1. The van der Waals surface area contributed by atoms with Crippen LogP contribution in [0, 0.1) is 16.7 Å². The first-order chi connectivity index (χ1) is 11.1. The van der Waals surface area contributed by atoms with Crippen molar-refractivity contribution in [2.75, 3.05) is 13.1 Å². The van der Waals surface area contributed by atoms with E-state index >= 15 is 0 Å². The molecule has 0 radical (unpaired) electrons. The molecule has 144 valence electrons. The monoisotopic (exact) mass is 373 g/mol. The zero-order valence-corrected chi connectivity index (χ0v) is 17.2. The highest BCUT2D eigenvalue weighted by Crippen LogP contribution is 2.35. The lowest BCUT2D eigenvalue weighted by Crippen LogP contribution is -2.54. The Morgan fingerprint density at radius 3 is 2.04 bits per heavy atom. The van der Waals surface area contributed by atoms with Crippen LogP contribution in [-0.2, 0) is 14.8 Å². The van der Waals surface area contributed by atoms with Crippen molar-refractivity contribution in [3.05, 3.63) is 0 Å². The van der Waals surface area contributed by atoms with Gasteiger partial charge in [-0.25, -0.2) is 17.9 Å². The topological polar surface area (TPSA) is 99.5 Å². The average molecular weight is 374 g/mol. The molecule has 1 aliphatic rings. The van der Waals surface area contributed by atoms with Crippen LogP contribution in [0.15, 0.2) is 0 Å². The predicted octanol–water partition coefficient (Wildman–Crippen LogP) is 2.63. The number of hydrogen-bond donors (Lipinski definition) is 1. The fourth-order valence-electron chi connectivity index (χ4n) is 2.58. The average Bonchev–Trinajstić information content (AvgIpc) is 2.43. The van der Waals surface area contributed by atoms with Crippen LogP contribution in [0.4, 0.5) is 4.79 Å². The maximum atomic E-state index is 12.4. The number of likely N-dealkylation sites (tertiary alicyclic amines) is 1. The van der Waals surface area contributed by atoms with Gasteiger partial charge in [-0.1, -0.05) is 0 Å². The number of sulfonamides is 1. The largest absolute Gasteiger partial charge is 0.444 e. The molecule has 1 fully saturated rings. The third-order valence-corrected chi connectivity index (χ3v) is 6.77. The number of hydrogen-bond acceptors (Lipinski definition) is 5. The van der Waals surface area contributed by atoms with Gasteiger partial charge in [-0.15, -0.1) is 0 Å². The summed E-state index contributed by atoms with van der Waals surface area (Å²) in [4.78, 5) is 13.7. The van der Waals surface area contributed by atoms with Crippen LogP contribution in [0.5, 0.6) is 0 Å². The minimum atomic E-state index is -3.55. The summed E-state index contributed by atoms with van der Waals surface area (Å²) in [6.07, 6.45) is 0.398. The lowest BCUT2D eigenvalue weighted by Gasteiger charge is -2.41. The van der Waals surface area contributed by atoms with E-state index in [4.69, 9.17) is 4.74 Å². The summed E-state index contributed by atoms with van der Waals surface area (Å²) < 4.78 is 31.8. The van der Waals surface area contributed by atoms with Crippen LogP contribution in [0.1, 0.15) is 61.3 Å². The number of nitrogens with one attached hydrogen (secondary N) is 1. The Bertz CT molecular complexity index is 630. The van der Waals surface area contributed by atoms with Crippen molar-refractivity contribution in [1.82, 2.24) is 9.62 Å². The molecular weight excluding hydrogens is 342 g/mol. The Morgan fingerprint density at radius 1 is 1.20 bits per heavy atom. The quantitative estimate of drug-likeness (QED) is 0.820. The van der Waals surface area contributed by atoms with Gasteiger partial charge in [-0.2, -0.15) is 5.26 Å². The van der Waals surface area contributed by atoms with Crippen molar-refractivity contribution < 1.29 is 17.9 Å². The fourth-order valence-corrected chi connectivity index (χ4v) is 3.62. The molecular formula is C17H31N3O4S. The minimum absolute atomic E-state index is 0.365. The molecule has 0 aromatic carbocycles. The van der Waals surface area contributed by atoms with Crippen molar-refractivity contribution in [2.45, 2.75) is 77.7 Å². The van der Waals surface area contributed by atoms with Gasteiger partial charge < -0.3 is 9.64 Å². The van der Waals surface area contributed by atoms with Gasteiger partial charge in [-0.3, -0.25) is 0 Å². The highest BCUT2D eigenvalue weighted by molar-refractivity contribution is 7.90. The second-order valence-corrected chi connectivity index (χ2v) is 11.2. The van der Waals surface area contributed by atoms with Crippen LogP contribution in [0.25, 0.3) is 0 Å². The van der Waals surface area contributed by atoms with Gasteiger partial charge >= 0.3 is 6.09 Å². The lowest BCUT2D eigenvalue weighted by molar-refractivity contribution is 0.0129. The number of amides is 1. The highest BCUT2D eigenvalue weighted by Gasteiger charge is 2.44. The summed E-state index contributed by atoms with van der Waals surface area (Å²) in [7, 11) is -3.55. The number of carbonyl (C=O) groups excluding carboxylic acids is 1. The van der Waals surface area contributed by atoms with E-state index in [0.29, 0.717) is 25.9 Å². The van der Waals surface area contributed by atoms with Gasteiger partial charge in [-0.05, 0) is 61.3 Å². The first kappa shape index (κ1) is 21.7. The summed E-state index contributed by atoms with van der Waals surface area (Å²) in [6.45, 7) is 12.7. The van der Waals surface area contributed by atoms with Gasteiger partial charge in [0.2, 0.25) is 10.0 Å². The summed E-state index contributed by atoms with van der Waals surface area (Å²) in [5.74, 6) is 0. The van der Waals surface area contributed by atoms with E-state index in [-0.39, 0.29) is 0 Å². The molecule has 0 unspecified atom stereocenters. The number of ether oxygens (including phenoxy) is 1. The number of carbonyl (C=O) groups is 1. The number of nitrogens with zero attached hydrogens (tertiary/aromatic N) is 2. The van der Waals surface area contributed by atoms with Crippen LogP contribution >= 0.6 is 0 Å². The van der Waals surface area contributed by atoms with Crippen LogP contribution in [0.3, 0.4) is 0 Å². The molecule has 0 aromatic rings. The molecule has 1 N–H and O–H groups in total. The van der Waals surface area contributed by atoms with E-state index in [2.05, 4.69) is 10.8 Å². The van der Waals surface area contributed by atoms with E-state index < -0.39 is 37.9 Å². The van der Waals surface area contributed by atoms with E-state index in [9.17, 15) is 18.5 Å². The number of rotatable bonds is 3. The van der Waals surface area contributed by atoms with Crippen molar-refractivity contribution in [3.8, 4) is 6.07 Å². The Kier molecular flexibility index (Phi) is 6.18. The zero-order valence-electron chi connectivity index (χ0n) is 16.3. The minimum Gasteiger partial charge on any atom is -0.444 e. The zero-order chi connectivity index (χ0) is 19.7. The van der Waals surface area contributed by atoms with Gasteiger partial charge in [0.25, 0.3) is 0 Å². The Morgan fingerprint density at radius 2 is 1.68 bits per heavy atom. The van der Waals surface area contributed by atoms with E-state index in [1.54, 1.807) is 53.4 Å². The molecule has 1 rings (SSSR count). The van der Waals surface area contributed by atoms with Crippen LogP contribution < -0.4 is 4.72 Å². The predicted molar refractivity (Wildman–Crippen MR) is 96.4 cm³/mol. The molecule has 8 heteroatoms. The van der Waals surface area contributed by atoms with E-state index in [0.717, 1.165) is 0 Å². The van der Waals surface area contributed by atoms with Gasteiger partial charge in [0.15, 0.2) is 0 Å². The van der Waals surface area contributed by atoms with Gasteiger partial charge in [0, 0.05) is 19.1 Å². The van der Waals surface area contributed by atoms with Crippen molar-refractivity contribution in [2.24, 2.45) is 5.41 Å². The van der Waals surface area contributed by atoms with E-state index in [1.165, 1.54) is 0 Å². The fraction of sp³-hybridized carbons (Fsp3) is 0.882. The maximum Gasteiger partial charge on any atom is 0.410 e. The summed E-state index contributed by atoms with van der Waals surface area (Å²) in [5.41, 5.74) is -1.41. The van der Waals surface area contributed by atoms with Crippen molar-refractivity contribution in [3.63, 3.8) is 0 Å². The molecule has 1 heterocycles. The molecule has 1 aliphatic heterocycles. The highest BCUT2D eigenvalue weighted by atomic mass is 32.2. The molecule has 1 amide bonds. The maximum absolute atomic E-state index is 12.4. The summed E-state index contributed by atoms with van der Waals surface area (Å²) in [5, 5.41) is 9.70. The van der Waals surface area contributed by atoms with Crippen LogP contribution in [-0.4, -0.2) is 48.9 Å². The number of nitriles is 1. The van der Waals surface area contributed by atoms with E-state index in [1.807, 2.05) is 0 Å². The Hall–Kier alpha value is -1.33. The first-order valence-electron chi connectivity index (χ1n) is 8.55. The van der Waals surface area contributed by atoms with Crippen LogP contribution in [0.2, 0.25) is 0 Å². The molecule has 1 atom stereocenters. The molecule has 0 bridgehead atoms. The molecule has 0 aliphatic carbocycles. The Labute approximate surface area is 151 Å². The normalized spacial score (nSPS) is 19.8. The second-order valence-electron chi connectivity index (χ2n) is 8.69. The molecule has 0 spiro atoms. The van der Waals surface area contributed by atoms with Gasteiger partial charge in [0.05, 0.1) is 16.2 Å². The molecule has 0 saturated carbocycles.